The van der Waals surface area contributed by atoms with Gasteiger partial charge in [0, 0.05) is 30.1 Å². The average molecular weight is 261 g/mol. The molecule has 0 atom stereocenters. The Bertz CT molecular complexity index is 698. The maximum Gasteiger partial charge on any atom is 0.187 e. The lowest BCUT2D eigenvalue weighted by molar-refractivity contribution is 0.104. The van der Waals surface area contributed by atoms with Crippen molar-refractivity contribution in [2.24, 2.45) is 0 Å². The molecule has 0 fully saturated rings. The van der Waals surface area contributed by atoms with Gasteiger partial charge in [-0.1, -0.05) is 54.6 Å². The van der Waals surface area contributed by atoms with E-state index >= 15 is 0 Å². The molecule has 3 rings (SSSR count). The molecule has 0 bridgehead atoms. The van der Waals surface area contributed by atoms with Crippen molar-refractivity contribution in [3.63, 3.8) is 0 Å². The van der Waals surface area contributed by atoms with E-state index in [-0.39, 0.29) is 5.78 Å². The third kappa shape index (κ3) is 2.28. The van der Waals surface area contributed by atoms with Crippen molar-refractivity contribution < 1.29 is 4.79 Å². The van der Waals surface area contributed by atoms with Crippen molar-refractivity contribution in [2.45, 2.75) is 0 Å². The molecule has 0 aliphatic carbocycles. The van der Waals surface area contributed by atoms with Gasteiger partial charge in [0.25, 0.3) is 0 Å². The number of benzene rings is 2. The molecule has 0 spiro atoms. The van der Waals surface area contributed by atoms with E-state index in [9.17, 15) is 4.79 Å². The van der Waals surface area contributed by atoms with Gasteiger partial charge >= 0.3 is 0 Å². The first kappa shape index (κ1) is 12.4. The summed E-state index contributed by atoms with van der Waals surface area (Å²) < 4.78 is 0. The van der Waals surface area contributed by atoms with Gasteiger partial charge in [-0.15, -0.1) is 0 Å². The summed E-state index contributed by atoms with van der Waals surface area (Å²) in [5.41, 5.74) is 3.89. The molecule has 98 valence electrons. The lowest BCUT2D eigenvalue weighted by atomic mass is 10.0. The Kier molecular flexibility index (Phi) is 3.21. The molecular weight excluding hydrogens is 246 g/mol. The highest BCUT2D eigenvalue weighted by molar-refractivity contribution is 6.05. The van der Waals surface area contributed by atoms with E-state index < -0.39 is 0 Å². The minimum atomic E-state index is 0.0245. The zero-order chi connectivity index (χ0) is 13.9. The topological polar surface area (TPSA) is 20.3 Å². The van der Waals surface area contributed by atoms with Crippen LogP contribution in [-0.4, -0.2) is 12.8 Å². The molecule has 2 aromatic rings. The highest BCUT2D eigenvalue weighted by atomic mass is 16.1. The van der Waals surface area contributed by atoms with Crippen LogP contribution in [0.2, 0.25) is 0 Å². The monoisotopic (exact) mass is 261 g/mol. The molecule has 0 saturated carbocycles. The lowest BCUT2D eigenvalue weighted by Gasteiger charge is -2.26. The van der Waals surface area contributed by atoms with Crippen molar-refractivity contribution in [3.8, 4) is 0 Å². The van der Waals surface area contributed by atoms with Gasteiger partial charge in [-0.2, -0.15) is 0 Å². The second-order valence-corrected chi connectivity index (χ2v) is 4.75. The molecule has 1 aliphatic heterocycles. The van der Waals surface area contributed by atoms with Crippen LogP contribution in [0.25, 0.3) is 6.08 Å². The minimum Gasteiger partial charge on any atom is -0.344 e. The summed E-state index contributed by atoms with van der Waals surface area (Å²) in [6.07, 6.45) is 5.70. The number of allylic oxidation sites excluding steroid dienone is 2. The Labute approximate surface area is 118 Å². The molecule has 2 nitrogen and oxygen atoms in total. The summed E-state index contributed by atoms with van der Waals surface area (Å²) in [7, 11) is 1.98. The van der Waals surface area contributed by atoms with Crippen molar-refractivity contribution in [2.75, 3.05) is 11.9 Å². The zero-order valence-electron chi connectivity index (χ0n) is 11.3. The standard InChI is InChI=1S/C18H15NO/c1-19-16(12-11-14-7-5-6-10-17(14)19)13-18(20)15-8-3-2-4-9-15/h2-13H,1H3/b16-13-. The number of hydrogen-bond donors (Lipinski definition) is 0. The van der Waals surface area contributed by atoms with Gasteiger partial charge in [-0.3, -0.25) is 4.79 Å². The number of para-hydroxylation sites is 1. The van der Waals surface area contributed by atoms with E-state index in [0.717, 1.165) is 11.4 Å². The Balaban J connectivity index is 1.93. The molecule has 0 aromatic heterocycles. The number of hydrogen-bond acceptors (Lipinski definition) is 2. The molecule has 0 saturated heterocycles. The Hall–Kier alpha value is -2.61. The van der Waals surface area contributed by atoms with Crippen LogP contribution >= 0.6 is 0 Å². The molecule has 0 unspecified atom stereocenters. The van der Waals surface area contributed by atoms with E-state index in [0.29, 0.717) is 5.56 Å². The van der Waals surface area contributed by atoms with E-state index in [1.807, 2.05) is 66.6 Å². The van der Waals surface area contributed by atoms with Crippen LogP contribution in [-0.2, 0) is 0 Å². The predicted molar refractivity (Wildman–Crippen MR) is 82.7 cm³/mol. The molecule has 1 aliphatic rings. The third-order valence-electron chi connectivity index (χ3n) is 3.46. The molecular formula is C18H15NO. The van der Waals surface area contributed by atoms with E-state index in [1.165, 1.54) is 5.56 Å². The quantitative estimate of drug-likeness (QED) is 0.603. The number of carbonyl (C=O) groups is 1. The first-order valence-electron chi connectivity index (χ1n) is 6.57. The Morgan fingerprint density at radius 2 is 1.65 bits per heavy atom. The number of fused-ring (bicyclic) bond motifs is 1. The summed E-state index contributed by atoms with van der Waals surface area (Å²) in [6, 6.07) is 17.5. The summed E-state index contributed by atoms with van der Waals surface area (Å²) in [5.74, 6) is 0.0245. The van der Waals surface area contributed by atoms with Crippen molar-refractivity contribution >= 4 is 17.5 Å². The van der Waals surface area contributed by atoms with Gasteiger partial charge in [-0.05, 0) is 17.7 Å². The maximum absolute atomic E-state index is 12.2. The molecule has 2 aromatic carbocycles. The summed E-state index contributed by atoms with van der Waals surface area (Å²) in [4.78, 5) is 14.3. The van der Waals surface area contributed by atoms with Gasteiger partial charge in [0.05, 0.1) is 0 Å². The number of ketones is 1. The molecule has 0 N–H and O–H groups in total. The SMILES string of the molecule is CN1/C(=C\C(=O)c2ccccc2)C=Cc2ccccc21. The molecule has 20 heavy (non-hydrogen) atoms. The molecule has 0 amide bonds. The minimum absolute atomic E-state index is 0.0245. The first-order chi connectivity index (χ1) is 9.75. The van der Waals surface area contributed by atoms with Crippen LogP contribution in [0, 0.1) is 0 Å². The van der Waals surface area contributed by atoms with Crippen molar-refractivity contribution in [1.29, 1.82) is 0 Å². The number of carbonyl (C=O) groups excluding carboxylic acids is 1. The highest BCUT2D eigenvalue weighted by Gasteiger charge is 2.14. The van der Waals surface area contributed by atoms with E-state index in [1.54, 1.807) is 6.08 Å². The summed E-state index contributed by atoms with van der Waals surface area (Å²) in [6.45, 7) is 0. The lowest BCUT2D eigenvalue weighted by Crippen LogP contribution is -2.19. The normalized spacial score (nSPS) is 15.2. The van der Waals surface area contributed by atoms with Crippen LogP contribution in [0.15, 0.2) is 72.4 Å². The number of rotatable bonds is 2. The largest absolute Gasteiger partial charge is 0.344 e. The van der Waals surface area contributed by atoms with Gasteiger partial charge in [-0.25, -0.2) is 0 Å². The fraction of sp³-hybridized carbons (Fsp3) is 0.0556. The Morgan fingerprint density at radius 3 is 2.45 bits per heavy atom. The van der Waals surface area contributed by atoms with Gasteiger partial charge < -0.3 is 4.90 Å². The summed E-state index contributed by atoms with van der Waals surface area (Å²) >= 11 is 0. The zero-order valence-corrected chi connectivity index (χ0v) is 11.3. The number of likely N-dealkylation sites (N-methyl/N-ethyl adjacent to an activating group) is 1. The predicted octanol–water partition coefficient (Wildman–Crippen LogP) is 3.92. The molecule has 1 heterocycles. The van der Waals surface area contributed by atoms with Crippen LogP contribution in [0.4, 0.5) is 5.69 Å². The fourth-order valence-corrected chi connectivity index (χ4v) is 2.32. The fourth-order valence-electron chi connectivity index (χ4n) is 2.32. The average Bonchev–Trinajstić information content (AvgIpc) is 2.51. The van der Waals surface area contributed by atoms with Crippen molar-refractivity contribution in [3.05, 3.63) is 83.6 Å². The van der Waals surface area contributed by atoms with Crippen LogP contribution in [0.1, 0.15) is 15.9 Å². The first-order valence-corrected chi connectivity index (χ1v) is 6.57. The highest BCUT2D eigenvalue weighted by Crippen LogP contribution is 2.29. The Morgan fingerprint density at radius 1 is 0.950 bits per heavy atom. The second kappa shape index (κ2) is 5.17. The summed E-state index contributed by atoms with van der Waals surface area (Å²) in [5, 5.41) is 0. The van der Waals surface area contributed by atoms with Crippen LogP contribution < -0.4 is 4.90 Å². The van der Waals surface area contributed by atoms with E-state index in [2.05, 4.69) is 12.1 Å². The third-order valence-corrected chi connectivity index (χ3v) is 3.46. The second-order valence-electron chi connectivity index (χ2n) is 4.75. The van der Waals surface area contributed by atoms with Crippen LogP contribution in [0.3, 0.4) is 0 Å². The number of nitrogens with zero attached hydrogens (tertiary/aromatic N) is 1. The van der Waals surface area contributed by atoms with Crippen LogP contribution in [0.5, 0.6) is 0 Å². The maximum atomic E-state index is 12.2. The number of anilines is 1. The molecule has 0 radical (unpaired) electrons. The van der Waals surface area contributed by atoms with Gasteiger partial charge in [0.2, 0.25) is 0 Å². The van der Waals surface area contributed by atoms with Gasteiger partial charge in [0.1, 0.15) is 0 Å². The van der Waals surface area contributed by atoms with E-state index in [4.69, 9.17) is 0 Å². The van der Waals surface area contributed by atoms with Crippen molar-refractivity contribution in [1.82, 2.24) is 0 Å². The molecule has 2 heteroatoms. The van der Waals surface area contributed by atoms with Gasteiger partial charge in [0.15, 0.2) is 5.78 Å². The smallest absolute Gasteiger partial charge is 0.187 e.